The van der Waals surface area contributed by atoms with Crippen molar-refractivity contribution >= 4 is 35.8 Å². The van der Waals surface area contributed by atoms with Crippen LogP contribution in [-0.4, -0.2) is 49.5 Å². The number of rotatable bonds is 7. The lowest BCUT2D eigenvalue weighted by Crippen LogP contribution is -2.40. The quantitative estimate of drug-likeness (QED) is 0.353. The van der Waals surface area contributed by atoms with Crippen molar-refractivity contribution in [2.75, 3.05) is 32.7 Å². The number of nitrogens with zero attached hydrogens (tertiary/aromatic N) is 2. The van der Waals surface area contributed by atoms with E-state index in [9.17, 15) is 9.18 Å². The highest BCUT2D eigenvalue weighted by molar-refractivity contribution is 14.0. The average Bonchev–Trinajstić information content (AvgIpc) is 3.22. The van der Waals surface area contributed by atoms with Crippen LogP contribution in [0.15, 0.2) is 29.3 Å². The molecule has 1 saturated heterocycles. The molecule has 0 bridgehead atoms. The normalized spacial score (nSPS) is 18.0. The van der Waals surface area contributed by atoms with Gasteiger partial charge in [-0.25, -0.2) is 4.39 Å². The number of hydrogen-bond donors (Lipinski definition) is 2. The molecule has 1 amide bonds. The monoisotopic (exact) mass is 488 g/mol. The lowest BCUT2D eigenvalue weighted by molar-refractivity contribution is -0.129. The molecule has 3 rings (SSSR count). The molecule has 5 nitrogen and oxygen atoms in total. The van der Waals surface area contributed by atoms with Crippen LogP contribution in [0, 0.1) is 5.82 Å². The average molecular weight is 488 g/mol. The third-order valence-corrected chi connectivity index (χ3v) is 5.27. The van der Waals surface area contributed by atoms with E-state index in [1.165, 1.54) is 6.07 Å². The number of carbonyl (C=O) groups is 1. The van der Waals surface area contributed by atoms with Crippen molar-refractivity contribution in [3.63, 3.8) is 0 Å². The number of likely N-dealkylation sites (tertiary alicyclic amines) is 1. The van der Waals surface area contributed by atoms with E-state index >= 15 is 0 Å². The number of carbonyl (C=O) groups excluding carboxylic acids is 1. The predicted molar refractivity (Wildman–Crippen MR) is 117 cm³/mol. The summed E-state index contributed by atoms with van der Waals surface area (Å²) in [6, 6.07) is 7.00. The van der Waals surface area contributed by atoms with E-state index in [1.54, 1.807) is 6.07 Å². The summed E-state index contributed by atoms with van der Waals surface area (Å²) in [5.74, 6) is 0.759. The summed E-state index contributed by atoms with van der Waals surface area (Å²) >= 11 is 0. The van der Waals surface area contributed by atoms with E-state index in [0.717, 1.165) is 50.9 Å². The Morgan fingerprint density at radius 2 is 1.93 bits per heavy atom. The molecule has 0 atom stereocenters. The largest absolute Gasteiger partial charge is 0.357 e. The zero-order chi connectivity index (χ0) is 18.4. The zero-order valence-electron chi connectivity index (χ0n) is 16.0. The van der Waals surface area contributed by atoms with E-state index in [2.05, 4.69) is 15.6 Å². The maximum atomic E-state index is 14.1. The smallest absolute Gasteiger partial charge is 0.224 e. The summed E-state index contributed by atoms with van der Waals surface area (Å²) in [5, 5.41) is 6.45. The molecular formula is C20H30FIN4O. The van der Waals surface area contributed by atoms with Crippen LogP contribution >= 0.6 is 24.0 Å². The zero-order valence-corrected chi connectivity index (χ0v) is 18.3. The van der Waals surface area contributed by atoms with Gasteiger partial charge in [-0.2, -0.15) is 0 Å². The van der Waals surface area contributed by atoms with Gasteiger partial charge >= 0.3 is 0 Å². The maximum absolute atomic E-state index is 14.1. The summed E-state index contributed by atoms with van der Waals surface area (Å²) in [7, 11) is 0. The Bertz CT molecular complexity index is 657. The first-order chi connectivity index (χ1) is 12.6. The van der Waals surface area contributed by atoms with Crippen LogP contribution < -0.4 is 10.6 Å². The second-order valence-corrected chi connectivity index (χ2v) is 7.22. The van der Waals surface area contributed by atoms with E-state index in [4.69, 9.17) is 0 Å². The molecule has 27 heavy (non-hydrogen) atoms. The molecule has 2 fully saturated rings. The number of guanidine groups is 1. The SMILES string of the molecule is CCNC(=NCC1(c2ccccc2F)CC1)NCCC(=O)N1CCCC1.I. The minimum atomic E-state index is -0.168. The third-order valence-electron chi connectivity index (χ3n) is 5.27. The van der Waals surface area contributed by atoms with Gasteiger partial charge in [-0.1, -0.05) is 18.2 Å². The fourth-order valence-electron chi connectivity index (χ4n) is 3.54. The number of hydrogen-bond acceptors (Lipinski definition) is 2. The van der Waals surface area contributed by atoms with Crippen molar-refractivity contribution in [3.8, 4) is 0 Å². The number of amides is 1. The van der Waals surface area contributed by atoms with Gasteiger partial charge in [-0.05, 0) is 44.2 Å². The summed E-state index contributed by atoms with van der Waals surface area (Å²) in [4.78, 5) is 18.7. The molecule has 1 aromatic rings. The van der Waals surface area contributed by atoms with Crippen LogP contribution in [0.2, 0.25) is 0 Å². The van der Waals surface area contributed by atoms with Gasteiger partial charge in [0.25, 0.3) is 0 Å². The predicted octanol–water partition coefficient (Wildman–Crippen LogP) is 3.04. The second-order valence-electron chi connectivity index (χ2n) is 7.22. The molecular weight excluding hydrogens is 458 g/mol. The molecule has 1 heterocycles. The van der Waals surface area contributed by atoms with Crippen LogP contribution in [-0.2, 0) is 10.2 Å². The molecule has 1 aliphatic carbocycles. The third kappa shape index (κ3) is 5.80. The second kappa shape index (κ2) is 10.2. The maximum Gasteiger partial charge on any atom is 0.224 e. The summed E-state index contributed by atoms with van der Waals surface area (Å²) < 4.78 is 14.1. The lowest BCUT2D eigenvalue weighted by atomic mass is 9.95. The van der Waals surface area contributed by atoms with Crippen molar-refractivity contribution < 1.29 is 9.18 Å². The molecule has 0 spiro atoms. The highest BCUT2D eigenvalue weighted by Crippen LogP contribution is 2.49. The molecule has 1 aromatic carbocycles. The van der Waals surface area contributed by atoms with Crippen LogP contribution in [0.3, 0.4) is 0 Å². The Morgan fingerprint density at radius 1 is 1.22 bits per heavy atom. The molecule has 0 aromatic heterocycles. The Labute approximate surface area is 178 Å². The summed E-state index contributed by atoms with van der Waals surface area (Å²) in [6.45, 7) is 5.66. The summed E-state index contributed by atoms with van der Waals surface area (Å²) in [5.41, 5.74) is 0.600. The minimum Gasteiger partial charge on any atom is -0.357 e. The number of benzene rings is 1. The van der Waals surface area contributed by atoms with Gasteiger partial charge in [0.15, 0.2) is 5.96 Å². The Morgan fingerprint density at radius 3 is 2.56 bits per heavy atom. The molecule has 2 N–H and O–H groups in total. The van der Waals surface area contributed by atoms with Gasteiger partial charge in [0.1, 0.15) is 5.82 Å². The first kappa shape index (κ1) is 21.9. The summed E-state index contributed by atoms with van der Waals surface area (Å²) in [6.07, 6.45) is 4.63. The van der Waals surface area contributed by atoms with Gasteiger partial charge < -0.3 is 15.5 Å². The van der Waals surface area contributed by atoms with Crippen LogP contribution in [0.4, 0.5) is 4.39 Å². The molecule has 0 unspecified atom stereocenters. The Balaban J connectivity index is 0.00000261. The Kier molecular flexibility index (Phi) is 8.31. The van der Waals surface area contributed by atoms with E-state index in [1.807, 2.05) is 24.0 Å². The highest BCUT2D eigenvalue weighted by Gasteiger charge is 2.45. The van der Waals surface area contributed by atoms with E-state index < -0.39 is 0 Å². The van der Waals surface area contributed by atoms with E-state index in [0.29, 0.717) is 25.5 Å². The van der Waals surface area contributed by atoms with E-state index in [-0.39, 0.29) is 41.1 Å². The fourth-order valence-corrected chi connectivity index (χ4v) is 3.54. The van der Waals surface area contributed by atoms with Gasteiger partial charge in [-0.15, -0.1) is 24.0 Å². The lowest BCUT2D eigenvalue weighted by Gasteiger charge is -2.18. The van der Waals surface area contributed by atoms with Crippen molar-refractivity contribution in [2.24, 2.45) is 4.99 Å². The van der Waals surface area contributed by atoms with Gasteiger partial charge in [0.2, 0.25) is 5.91 Å². The topological polar surface area (TPSA) is 56.7 Å². The van der Waals surface area contributed by atoms with Gasteiger partial charge in [0, 0.05) is 38.0 Å². The van der Waals surface area contributed by atoms with Crippen LogP contribution in [0.5, 0.6) is 0 Å². The first-order valence-corrected chi connectivity index (χ1v) is 9.69. The van der Waals surface area contributed by atoms with Crippen molar-refractivity contribution in [3.05, 3.63) is 35.6 Å². The number of aliphatic imine (C=N–C) groups is 1. The first-order valence-electron chi connectivity index (χ1n) is 9.69. The number of nitrogens with one attached hydrogen (secondary N) is 2. The fraction of sp³-hybridized carbons (Fsp3) is 0.600. The molecule has 1 saturated carbocycles. The highest BCUT2D eigenvalue weighted by atomic mass is 127. The van der Waals surface area contributed by atoms with Gasteiger partial charge in [0.05, 0.1) is 6.54 Å². The van der Waals surface area contributed by atoms with Crippen molar-refractivity contribution in [2.45, 2.75) is 44.4 Å². The standard InChI is InChI=1S/C20H29FN4O.HI/c1-2-22-19(23-12-9-18(26)25-13-5-6-14-25)24-15-20(10-11-20)16-7-3-4-8-17(16)21;/h3-4,7-8H,2,5-6,9-15H2,1H3,(H2,22,23,24);1H. The van der Waals surface area contributed by atoms with Crippen LogP contribution in [0.25, 0.3) is 0 Å². The molecule has 2 aliphatic rings. The van der Waals surface area contributed by atoms with Crippen molar-refractivity contribution in [1.82, 2.24) is 15.5 Å². The number of halogens is 2. The van der Waals surface area contributed by atoms with Gasteiger partial charge in [-0.3, -0.25) is 9.79 Å². The van der Waals surface area contributed by atoms with Crippen LogP contribution in [0.1, 0.15) is 44.6 Å². The Hall–Kier alpha value is -1.38. The molecule has 7 heteroatoms. The molecule has 1 aliphatic heterocycles. The molecule has 150 valence electrons. The molecule has 0 radical (unpaired) electrons. The minimum absolute atomic E-state index is 0. The van der Waals surface area contributed by atoms with Crippen molar-refractivity contribution in [1.29, 1.82) is 0 Å².